The largest absolute Gasteiger partial charge is 0.507 e. The zero-order chi connectivity index (χ0) is 30.5. The Morgan fingerprint density at radius 2 is 1.40 bits per heavy atom. The van der Waals surface area contributed by atoms with Gasteiger partial charge < -0.3 is 70.0 Å². The molecule has 2 fully saturated rings. The van der Waals surface area contributed by atoms with E-state index < -0.39 is 79.9 Å². The second-order valence-electron chi connectivity index (χ2n) is 10.6. The van der Waals surface area contributed by atoms with Crippen LogP contribution in [-0.2, 0) is 20.6 Å². The summed E-state index contributed by atoms with van der Waals surface area (Å²) < 4.78 is 21.5. The molecule has 15 nitrogen and oxygen atoms in total. The summed E-state index contributed by atoms with van der Waals surface area (Å²) >= 11 is 0. The Morgan fingerprint density at radius 1 is 0.714 bits per heavy atom. The molecule has 0 saturated carbocycles. The van der Waals surface area contributed by atoms with Gasteiger partial charge in [0.15, 0.2) is 29.9 Å². The first kappa shape index (κ1) is 30.4. The molecule has 0 amide bonds. The van der Waals surface area contributed by atoms with Crippen molar-refractivity contribution in [1.29, 1.82) is 0 Å². The smallest absolute Gasteiger partial charge is 0.229 e. The topological polar surface area (TPSA) is 256 Å². The molecule has 2 aliphatic heterocycles. The van der Waals surface area contributed by atoms with Gasteiger partial charge in [0.1, 0.15) is 54.2 Å². The minimum absolute atomic E-state index is 0.0353. The van der Waals surface area contributed by atoms with Crippen LogP contribution < -0.4 is 4.74 Å². The lowest BCUT2D eigenvalue weighted by atomic mass is 9.79. The van der Waals surface area contributed by atoms with E-state index in [1.807, 2.05) is 0 Å². The van der Waals surface area contributed by atoms with E-state index in [0.29, 0.717) is 11.1 Å². The highest BCUT2D eigenvalue weighted by Crippen LogP contribution is 2.41. The number of rotatable bonds is 6. The number of ether oxygens (including phenoxy) is 4. The highest BCUT2D eigenvalue weighted by molar-refractivity contribution is 6.01. The van der Waals surface area contributed by atoms with Gasteiger partial charge in [0, 0.05) is 12.5 Å². The summed E-state index contributed by atoms with van der Waals surface area (Å²) in [5.41, 5.74) is 1.06. The lowest BCUT2D eigenvalue weighted by molar-refractivity contribution is -0.350. The van der Waals surface area contributed by atoms with Crippen molar-refractivity contribution >= 4 is 5.78 Å². The molecule has 11 atom stereocenters. The maximum Gasteiger partial charge on any atom is 0.229 e. The number of ketones is 1. The van der Waals surface area contributed by atoms with Crippen molar-refractivity contribution in [1.82, 2.24) is 0 Å². The van der Waals surface area contributed by atoms with Gasteiger partial charge in [0.25, 0.3) is 0 Å². The molecule has 0 unspecified atom stereocenters. The van der Waals surface area contributed by atoms with Crippen molar-refractivity contribution in [2.45, 2.75) is 80.4 Å². The van der Waals surface area contributed by atoms with Gasteiger partial charge in [-0.1, -0.05) is 6.07 Å². The second-order valence-corrected chi connectivity index (χ2v) is 10.6. The summed E-state index contributed by atoms with van der Waals surface area (Å²) in [7, 11) is 0. The Balaban J connectivity index is 1.30. The van der Waals surface area contributed by atoms with Crippen LogP contribution in [0.1, 0.15) is 33.8 Å². The maximum atomic E-state index is 12.9. The van der Waals surface area contributed by atoms with Crippen LogP contribution in [0, 0.1) is 0 Å². The number of hydrogen-bond acceptors (Lipinski definition) is 15. The molecular weight excluding hydrogens is 564 g/mol. The van der Waals surface area contributed by atoms with Gasteiger partial charge in [-0.05, 0) is 41.7 Å². The molecule has 5 rings (SSSR count). The Hall–Kier alpha value is -3.09. The van der Waals surface area contributed by atoms with Gasteiger partial charge in [-0.15, -0.1) is 0 Å². The molecule has 15 heteroatoms. The van der Waals surface area contributed by atoms with Gasteiger partial charge in [0.2, 0.25) is 6.29 Å². The number of carbonyl (C=O) groups is 1. The Bertz CT molecular complexity index is 1300. The van der Waals surface area contributed by atoms with Crippen molar-refractivity contribution < 1.29 is 74.8 Å². The van der Waals surface area contributed by atoms with Crippen molar-refractivity contribution in [2.75, 3.05) is 6.61 Å². The normalized spacial score (nSPS) is 36.8. The summed E-state index contributed by atoms with van der Waals surface area (Å²) in [5.74, 6) is -1.86. The number of fused-ring (bicyclic) bond motifs is 1. The van der Waals surface area contributed by atoms with E-state index in [0.717, 1.165) is 6.07 Å². The summed E-state index contributed by atoms with van der Waals surface area (Å²) in [6.45, 7) is -0.590. The number of aliphatic hydroxyl groups is 7. The molecule has 1 aliphatic carbocycles. The molecule has 2 saturated heterocycles. The van der Waals surface area contributed by atoms with Crippen LogP contribution in [-0.4, -0.2) is 125 Å². The fraction of sp³-hybridized carbons (Fsp3) is 0.519. The van der Waals surface area contributed by atoms with E-state index in [-0.39, 0.29) is 41.4 Å². The lowest BCUT2D eigenvalue weighted by Crippen LogP contribution is -2.61. The minimum atomic E-state index is -1.88. The predicted molar refractivity (Wildman–Crippen MR) is 135 cm³/mol. The van der Waals surface area contributed by atoms with E-state index >= 15 is 0 Å². The third-order valence-corrected chi connectivity index (χ3v) is 7.71. The third kappa shape index (κ3) is 5.76. The average Bonchev–Trinajstić information content (AvgIpc) is 2.95. The number of benzene rings is 2. The quantitative estimate of drug-likeness (QED) is 0.157. The highest BCUT2D eigenvalue weighted by Gasteiger charge is 2.48. The molecular formula is C27H32O15. The molecule has 0 bridgehead atoms. The van der Waals surface area contributed by atoms with Crippen LogP contribution in [0.5, 0.6) is 23.0 Å². The first-order chi connectivity index (χ1) is 19.8. The summed E-state index contributed by atoms with van der Waals surface area (Å²) in [6, 6.07) is 6.79. The third-order valence-electron chi connectivity index (χ3n) is 7.71. The second kappa shape index (κ2) is 11.9. The number of aromatic hydroxyl groups is 3. The van der Waals surface area contributed by atoms with E-state index in [4.69, 9.17) is 18.9 Å². The predicted octanol–water partition coefficient (Wildman–Crippen LogP) is -2.32. The van der Waals surface area contributed by atoms with Crippen molar-refractivity contribution in [3.63, 3.8) is 0 Å². The standard InChI is InChI=1S/C27H32O15/c28-13-2-1-9(5-14(13)29)10-3-11-4-12(7-16(31)18(11)15(30)6-10)40-27-24(37)20(33)19(32)17(41-27)8-39-26-23(36)21(34)22(35)25(38)42-26/h1-2,4-5,7,10,17,19-29,31-38H,3,6,8H2/t10-,17+,19+,20-,21+,22+,23+,24+,25+,26+,27+/m0/s1. The van der Waals surface area contributed by atoms with Gasteiger partial charge >= 0.3 is 0 Å². The Labute approximate surface area is 238 Å². The van der Waals surface area contributed by atoms with Crippen LogP contribution in [0.25, 0.3) is 0 Å². The van der Waals surface area contributed by atoms with E-state index in [1.165, 1.54) is 18.2 Å². The number of hydrogen-bond donors (Lipinski definition) is 10. The molecule has 2 aromatic rings. The van der Waals surface area contributed by atoms with Crippen LogP contribution in [0.3, 0.4) is 0 Å². The van der Waals surface area contributed by atoms with Crippen LogP contribution in [0.2, 0.25) is 0 Å². The van der Waals surface area contributed by atoms with Crippen molar-refractivity contribution in [3.8, 4) is 23.0 Å². The molecule has 42 heavy (non-hydrogen) atoms. The average molecular weight is 597 g/mol. The molecule has 230 valence electrons. The highest BCUT2D eigenvalue weighted by atomic mass is 16.8. The van der Waals surface area contributed by atoms with Gasteiger partial charge in [-0.25, -0.2) is 0 Å². The minimum Gasteiger partial charge on any atom is -0.507 e. The number of aliphatic hydroxyl groups excluding tert-OH is 7. The van der Waals surface area contributed by atoms with Crippen LogP contribution in [0.15, 0.2) is 30.3 Å². The number of phenolic OH excluding ortho intramolecular Hbond substituents is 3. The Morgan fingerprint density at radius 3 is 2.12 bits per heavy atom. The van der Waals surface area contributed by atoms with E-state index in [2.05, 4.69) is 0 Å². The first-order valence-electron chi connectivity index (χ1n) is 13.1. The lowest BCUT2D eigenvalue weighted by Gasteiger charge is -2.42. The van der Waals surface area contributed by atoms with Gasteiger partial charge in [0.05, 0.1) is 12.2 Å². The zero-order valence-electron chi connectivity index (χ0n) is 21.9. The fourth-order valence-electron chi connectivity index (χ4n) is 5.34. The van der Waals surface area contributed by atoms with Gasteiger partial charge in [-0.2, -0.15) is 0 Å². The number of phenols is 3. The molecule has 2 aromatic carbocycles. The van der Waals surface area contributed by atoms with E-state index in [1.54, 1.807) is 6.07 Å². The molecule has 0 aromatic heterocycles. The van der Waals surface area contributed by atoms with Crippen molar-refractivity contribution in [3.05, 3.63) is 47.0 Å². The molecule has 2 heterocycles. The maximum absolute atomic E-state index is 12.9. The first-order valence-corrected chi connectivity index (χ1v) is 13.1. The molecule has 0 spiro atoms. The SMILES string of the molecule is O=C1C[C@@H](c2ccc(O)c(O)c2)Cc2cc(O[C@@H]3O[C@H](CO[C@@H]4O[C@@H](O)[C@H](O)[C@@H](O)[C@H]4O)[C@@H](O)[C@H](O)[C@H]3O)cc(O)c21. The Kier molecular flexibility index (Phi) is 8.60. The number of Topliss-reactive ketones (excluding diaryl/α,β-unsaturated/α-hetero) is 1. The molecule has 0 radical (unpaired) electrons. The summed E-state index contributed by atoms with van der Waals surface area (Å²) in [5, 5.41) is 101. The summed E-state index contributed by atoms with van der Waals surface area (Å²) in [6.07, 6.45) is -16.9. The molecule has 10 N–H and O–H groups in total. The zero-order valence-corrected chi connectivity index (χ0v) is 21.9. The van der Waals surface area contributed by atoms with Crippen LogP contribution in [0.4, 0.5) is 0 Å². The van der Waals surface area contributed by atoms with Crippen LogP contribution >= 0.6 is 0 Å². The fourth-order valence-corrected chi connectivity index (χ4v) is 5.34. The number of carbonyl (C=O) groups excluding carboxylic acids is 1. The summed E-state index contributed by atoms with van der Waals surface area (Å²) in [4.78, 5) is 12.9. The monoisotopic (exact) mass is 596 g/mol. The van der Waals surface area contributed by atoms with E-state index in [9.17, 15) is 55.9 Å². The van der Waals surface area contributed by atoms with Gasteiger partial charge in [-0.3, -0.25) is 4.79 Å². The van der Waals surface area contributed by atoms with Crippen molar-refractivity contribution in [2.24, 2.45) is 0 Å². The molecule has 3 aliphatic rings.